The maximum absolute atomic E-state index is 5.46. The van der Waals surface area contributed by atoms with E-state index >= 15 is 0 Å². The van der Waals surface area contributed by atoms with Crippen molar-refractivity contribution < 1.29 is 9.47 Å². The van der Waals surface area contributed by atoms with E-state index in [0.29, 0.717) is 6.61 Å². The molecule has 1 aliphatic heterocycles. The lowest BCUT2D eigenvalue weighted by Crippen LogP contribution is -2.46. The molecular weight excluding hydrogens is 140 g/mol. The van der Waals surface area contributed by atoms with E-state index in [0.717, 1.165) is 19.4 Å². The molecule has 2 nitrogen and oxygen atoms in total. The molecule has 1 saturated heterocycles. The minimum Gasteiger partial charge on any atom is -0.499 e. The molecular formula is C9H16O2. The van der Waals surface area contributed by atoms with E-state index in [9.17, 15) is 0 Å². The molecule has 0 bridgehead atoms. The number of hydrogen-bond donors (Lipinski definition) is 0. The quantitative estimate of drug-likeness (QED) is 0.580. The molecule has 0 spiro atoms. The monoisotopic (exact) mass is 156 g/mol. The zero-order valence-corrected chi connectivity index (χ0v) is 7.30. The summed E-state index contributed by atoms with van der Waals surface area (Å²) in [6, 6.07) is 0. The Kier molecular flexibility index (Phi) is 2.94. The van der Waals surface area contributed by atoms with Crippen molar-refractivity contribution in [2.24, 2.45) is 0 Å². The molecule has 1 rings (SSSR count). The summed E-state index contributed by atoms with van der Waals surface area (Å²) in [6.07, 6.45) is 5.80. The highest BCUT2D eigenvalue weighted by Crippen LogP contribution is 2.29. The van der Waals surface area contributed by atoms with E-state index in [1.165, 1.54) is 0 Å². The third kappa shape index (κ3) is 1.96. The topological polar surface area (TPSA) is 18.5 Å². The van der Waals surface area contributed by atoms with Gasteiger partial charge in [-0.25, -0.2) is 0 Å². The summed E-state index contributed by atoms with van der Waals surface area (Å²) in [5.41, 5.74) is 0.0412. The first-order valence-corrected chi connectivity index (χ1v) is 4.20. The number of rotatable bonds is 4. The molecule has 1 heterocycles. The van der Waals surface area contributed by atoms with Crippen LogP contribution < -0.4 is 0 Å². The third-order valence-electron chi connectivity index (χ3n) is 2.19. The van der Waals surface area contributed by atoms with Gasteiger partial charge in [0.2, 0.25) is 0 Å². The molecule has 2 heteroatoms. The van der Waals surface area contributed by atoms with Gasteiger partial charge < -0.3 is 9.47 Å². The highest BCUT2D eigenvalue weighted by Gasteiger charge is 2.36. The second-order valence-electron chi connectivity index (χ2n) is 2.92. The zero-order chi connectivity index (χ0) is 8.16. The molecule has 0 radical (unpaired) electrons. The highest BCUT2D eigenvalue weighted by atomic mass is 16.6. The van der Waals surface area contributed by atoms with Crippen LogP contribution in [0, 0.1) is 0 Å². The van der Waals surface area contributed by atoms with Crippen LogP contribution in [0.2, 0.25) is 0 Å². The van der Waals surface area contributed by atoms with E-state index in [4.69, 9.17) is 9.47 Å². The Morgan fingerprint density at radius 1 is 1.64 bits per heavy atom. The molecule has 64 valence electrons. The SMILES string of the molecule is CC=COCC1(CC)CCO1. The summed E-state index contributed by atoms with van der Waals surface area (Å²) >= 11 is 0. The van der Waals surface area contributed by atoms with Crippen LogP contribution in [0.4, 0.5) is 0 Å². The minimum absolute atomic E-state index is 0.0412. The van der Waals surface area contributed by atoms with Gasteiger partial charge in [0, 0.05) is 6.42 Å². The highest BCUT2D eigenvalue weighted by molar-refractivity contribution is 4.86. The molecule has 0 aliphatic carbocycles. The first kappa shape index (κ1) is 8.60. The first-order valence-electron chi connectivity index (χ1n) is 4.20. The molecule has 0 aromatic rings. The average molecular weight is 156 g/mol. The van der Waals surface area contributed by atoms with E-state index in [-0.39, 0.29) is 5.60 Å². The lowest BCUT2D eigenvalue weighted by Gasteiger charge is -2.40. The predicted molar refractivity (Wildman–Crippen MR) is 44.4 cm³/mol. The minimum atomic E-state index is 0.0412. The van der Waals surface area contributed by atoms with Crippen molar-refractivity contribution in [2.75, 3.05) is 13.2 Å². The van der Waals surface area contributed by atoms with Crippen LogP contribution in [0.3, 0.4) is 0 Å². The van der Waals surface area contributed by atoms with E-state index in [2.05, 4.69) is 6.92 Å². The Hall–Kier alpha value is -0.500. The van der Waals surface area contributed by atoms with Crippen LogP contribution in [0.5, 0.6) is 0 Å². The second kappa shape index (κ2) is 3.77. The Morgan fingerprint density at radius 3 is 2.73 bits per heavy atom. The summed E-state index contributed by atoms with van der Waals surface area (Å²) in [4.78, 5) is 0. The second-order valence-corrected chi connectivity index (χ2v) is 2.92. The fraction of sp³-hybridized carbons (Fsp3) is 0.778. The fourth-order valence-electron chi connectivity index (χ4n) is 1.18. The Labute approximate surface area is 68.2 Å². The molecule has 0 aromatic heterocycles. The average Bonchev–Trinajstić information content (AvgIpc) is 1.95. The van der Waals surface area contributed by atoms with E-state index in [1.807, 2.05) is 13.0 Å². The van der Waals surface area contributed by atoms with Gasteiger partial charge in [-0.3, -0.25) is 0 Å². The van der Waals surface area contributed by atoms with Gasteiger partial charge in [0.05, 0.1) is 12.9 Å². The smallest absolute Gasteiger partial charge is 0.116 e. The van der Waals surface area contributed by atoms with Gasteiger partial charge >= 0.3 is 0 Å². The standard InChI is InChI=1S/C9H16O2/c1-3-6-10-8-9(4-2)5-7-11-9/h3,6H,4-5,7-8H2,1-2H3. The molecule has 11 heavy (non-hydrogen) atoms. The number of hydrogen-bond acceptors (Lipinski definition) is 2. The Balaban J connectivity index is 2.21. The van der Waals surface area contributed by atoms with E-state index in [1.54, 1.807) is 6.26 Å². The normalized spacial score (nSPS) is 30.4. The summed E-state index contributed by atoms with van der Waals surface area (Å²) in [5.74, 6) is 0. The maximum atomic E-state index is 5.46. The Morgan fingerprint density at radius 2 is 2.36 bits per heavy atom. The van der Waals surface area contributed by atoms with Crippen LogP contribution in [-0.4, -0.2) is 18.8 Å². The molecule has 1 atom stereocenters. The predicted octanol–water partition coefficient (Wildman–Crippen LogP) is 2.11. The van der Waals surface area contributed by atoms with Crippen molar-refractivity contribution >= 4 is 0 Å². The molecule has 1 unspecified atom stereocenters. The first-order chi connectivity index (χ1) is 5.33. The van der Waals surface area contributed by atoms with Gasteiger partial charge in [0.25, 0.3) is 0 Å². The van der Waals surface area contributed by atoms with Gasteiger partial charge in [-0.15, -0.1) is 0 Å². The summed E-state index contributed by atoms with van der Waals surface area (Å²) < 4.78 is 10.7. The van der Waals surface area contributed by atoms with Crippen molar-refractivity contribution in [3.8, 4) is 0 Å². The maximum Gasteiger partial charge on any atom is 0.116 e. The van der Waals surface area contributed by atoms with E-state index < -0.39 is 0 Å². The van der Waals surface area contributed by atoms with Crippen LogP contribution in [0.1, 0.15) is 26.7 Å². The lowest BCUT2D eigenvalue weighted by atomic mass is 9.93. The summed E-state index contributed by atoms with van der Waals surface area (Å²) in [6.45, 7) is 5.68. The molecule has 1 fully saturated rings. The van der Waals surface area contributed by atoms with Crippen LogP contribution >= 0.6 is 0 Å². The van der Waals surface area contributed by atoms with Crippen LogP contribution in [0.25, 0.3) is 0 Å². The molecule has 0 aromatic carbocycles. The summed E-state index contributed by atoms with van der Waals surface area (Å²) in [5, 5.41) is 0. The largest absolute Gasteiger partial charge is 0.499 e. The van der Waals surface area contributed by atoms with Gasteiger partial charge in [0.1, 0.15) is 12.2 Å². The molecule has 0 N–H and O–H groups in total. The van der Waals surface area contributed by atoms with Gasteiger partial charge in [-0.05, 0) is 13.3 Å². The molecule has 1 aliphatic rings. The van der Waals surface area contributed by atoms with Crippen molar-refractivity contribution in [2.45, 2.75) is 32.3 Å². The van der Waals surface area contributed by atoms with Crippen molar-refractivity contribution in [3.05, 3.63) is 12.3 Å². The number of ether oxygens (including phenoxy) is 2. The lowest BCUT2D eigenvalue weighted by molar-refractivity contribution is -0.172. The Bertz CT molecular complexity index is 131. The van der Waals surface area contributed by atoms with Crippen molar-refractivity contribution in [3.63, 3.8) is 0 Å². The van der Waals surface area contributed by atoms with Crippen molar-refractivity contribution in [1.82, 2.24) is 0 Å². The van der Waals surface area contributed by atoms with Crippen molar-refractivity contribution in [1.29, 1.82) is 0 Å². The zero-order valence-electron chi connectivity index (χ0n) is 7.30. The molecule has 0 amide bonds. The third-order valence-corrected chi connectivity index (χ3v) is 2.19. The summed E-state index contributed by atoms with van der Waals surface area (Å²) in [7, 11) is 0. The molecule has 0 saturated carbocycles. The van der Waals surface area contributed by atoms with Gasteiger partial charge in [0.15, 0.2) is 0 Å². The van der Waals surface area contributed by atoms with Gasteiger partial charge in [-0.2, -0.15) is 0 Å². The fourth-order valence-corrected chi connectivity index (χ4v) is 1.18. The number of allylic oxidation sites excluding steroid dienone is 1. The van der Waals surface area contributed by atoms with Crippen LogP contribution in [0.15, 0.2) is 12.3 Å². The van der Waals surface area contributed by atoms with Gasteiger partial charge in [-0.1, -0.05) is 13.0 Å². The van der Waals surface area contributed by atoms with Crippen LogP contribution in [-0.2, 0) is 9.47 Å².